The predicted molar refractivity (Wildman–Crippen MR) is 123 cm³/mol. The number of nitrogens with one attached hydrogen (secondary N) is 2. The van der Waals surface area contributed by atoms with E-state index >= 15 is 0 Å². The molecule has 6 nitrogen and oxygen atoms in total. The molecule has 4 rings (SSSR count). The average Bonchev–Trinajstić information content (AvgIpc) is 3.27. The molecule has 1 atom stereocenters. The third-order valence-corrected chi connectivity index (χ3v) is 8.67. The van der Waals surface area contributed by atoms with E-state index in [1.807, 2.05) is 19.1 Å². The first-order chi connectivity index (χ1) is 15.4. The quantitative estimate of drug-likeness (QED) is 0.504. The third kappa shape index (κ3) is 4.74. The number of aryl methyl sites for hydroxylation is 1. The molecule has 168 valence electrons. The Morgan fingerprint density at radius 3 is 2.66 bits per heavy atom. The van der Waals surface area contributed by atoms with Crippen LogP contribution in [0.25, 0.3) is 0 Å². The van der Waals surface area contributed by atoms with Crippen LogP contribution in [0.5, 0.6) is 0 Å². The smallest absolute Gasteiger partial charge is 0.204 e. The Hall–Kier alpha value is -2.62. The van der Waals surface area contributed by atoms with Gasteiger partial charge in [0.1, 0.15) is 11.2 Å². The van der Waals surface area contributed by atoms with Gasteiger partial charge in [0, 0.05) is 5.56 Å². The van der Waals surface area contributed by atoms with Crippen LogP contribution in [0, 0.1) is 18.7 Å². The van der Waals surface area contributed by atoms with Crippen LogP contribution in [0.2, 0.25) is 0 Å². The van der Waals surface area contributed by atoms with E-state index in [1.54, 1.807) is 12.1 Å². The number of piperidine rings is 1. The Morgan fingerprint density at radius 2 is 1.94 bits per heavy atom. The number of carbonyl (C=O) groups excluding carboxylic acids is 1. The van der Waals surface area contributed by atoms with E-state index in [4.69, 9.17) is 0 Å². The van der Waals surface area contributed by atoms with Gasteiger partial charge in [0.15, 0.2) is 15.0 Å². The highest BCUT2D eigenvalue weighted by Crippen LogP contribution is 2.31. The highest BCUT2D eigenvalue weighted by Gasteiger charge is 2.36. The van der Waals surface area contributed by atoms with Crippen LogP contribution in [0.1, 0.15) is 33.6 Å². The van der Waals surface area contributed by atoms with Crippen molar-refractivity contribution in [2.24, 2.45) is 5.92 Å². The number of ketones is 1. The summed E-state index contributed by atoms with van der Waals surface area (Å²) in [6.07, 6.45) is 2.79. The molecule has 9 heteroatoms. The first kappa shape index (κ1) is 22.6. The SMILES string of the molecule is Cc1ccccc1C(=O)c1cnc(NC(C2CCNCC2)S(=O)(=O)c2cccc(F)c2)s1. The van der Waals surface area contributed by atoms with Gasteiger partial charge >= 0.3 is 0 Å². The highest BCUT2D eigenvalue weighted by molar-refractivity contribution is 7.92. The number of rotatable bonds is 7. The summed E-state index contributed by atoms with van der Waals surface area (Å²) in [6.45, 7) is 3.28. The average molecular weight is 474 g/mol. The second-order valence-electron chi connectivity index (χ2n) is 7.83. The molecule has 1 aromatic heterocycles. The van der Waals surface area contributed by atoms with Gasteiger partial charge in [0.25, 0.3) is 0 Å². The lowest BCUT2D eigenvalue weighted by molar-refractivity contribution is 0.104. The minimum atomic E-state index is -3.89. The van der Waals surface area contributed by atoms with Crippen molar-refractivity contribution in [1.29, 1.82) is 0 Å². The molecule has 1 unspecified atom stereocenters. The number of nitrogens with zero attached hydrogens (tertiary/aromatic N) is 1. The Labute approximate surface area is 190 Å². The second kappa shape index (κ2) is 9.48. The normalized spacial score (nSPS) is 15.9. The van der Waals surface area contributed by atoms with Crippen LogP contribution < -0.4 is 10.6 Å². The molecular formula is C23H24FN3O3S2. The molecule has 1 fully saturated rings. The van der Waals surface area contributed by atoms with Crippen molar-refractivity contribution in [2.45, 2.75) is 30.0 Å². The zero-order valence-electron chi connectivity index (χ0n) is 17.5. The summed E-state index contributed by atoms with van der Waals surface area (Å²) in [4.78, 5) is 17.5. The Kier molecular flexibility index (Phi) is 6.68. The van der Waals surface area contributed by atoms with Crippen LogP contribution in [0.4, 0.5) is 9.52 Å². The van der Waals surface area contributed by atoms with Gasteiger partial charge in [0.05, 0.1) is 16.0 Å². The van der Waals surface area contributed by atoms with Gasteiger partial charge in [-0.3, -0.25) is 4.79 Å². The monoisotopic (exact) mass is 473 g/mol. The fourth-order valence-corrected chi connectivity index (χ4v) is 6.68. The van der Waals surface area contributed by atoms with E-state index in [-0.39, 0.29) is 16.6 Å². The van der Waals surface area contributed by atoms with Crippen molar-refractivity contribution in [3.05, 3.63) is 76.5 Å². The maximum Gasteiger partial charge on any atom is 0.204 e. The fraction of sp³-hybridized carbons (Fsp3) is 0.304. The molecule has 0 bridgehead atoms. The van der Waals surface area contributed by atoms with Crippen molar-refractivity contribution in [3.8, 4) is 0 Å². The van der Waals surface area contributed by atoms with Gasteiger partial charge in [-0.15, -0.1) is 0 Å². The van der Waals surface area contributed by atoms with Gasteiger partial charge in [-0.2, -0.15) is 0 Å². The minimum absolute atomic E-state index is 0.0682. The van der Waals surface area contributed by atoms with Crippen molar-refractivity contribution < 1.29 is 17.6 Å². The number of anilines is 1. The van der Waals surface area contributed by atoms with E-state index < -0.39 is 21.0 Å². The first-order valence-electron chi connectivity index (χ1n) is 10.4. The molecule has 1 aliphatic heterocycles. The van der Waals surface area contributed by atoms with Crippen molar-refractivity contribution >= 4 is 32.1 Å². The number of halogens is 1. The lowest BCUT2D eigenvalue weighted by Gasteiger charge is -2.31. The lowest BCUT2D eigenvalue weighted by atomic mass is 9.98. The van der Waals surface area contributed by atoms with Crippen molar-refractivity contribution in [2.75, 3.05) is 18.4 Å². The maximum atomic E-state index is 13.8. The van der Waals surface area contributed by atoms with Crippen LogP contribution in [0.3, 0.4) is 0 Å². The molecule has 3 aromatic rings. The summed E-state index contributed by atoms with van der Waals surface area (Å²) in [5, 5.41) is 5.68. The zero-order valence-corrected chi connectivity index (χ0v) is 19.2. The van der Waals surface area contributed by atoms with Gasteiger partial charge in [0.2, 0.25) is 5.78 Å². The molecule has 32 heavy (non-hydrogen) atoms. The van der Waals surface area contributed by atoms with E-state index in [0.717, 1.165) is 23.0 Å². The van der Waals surface area contributed by atoms with Gasteiger partial charge in [-0.1, -0.05) is 41.7 Å². The predicted octanol–water partition coefficient (Wildman–Crippen LogP) is 4.03. The molecule has 1 aliphatic rings. The fourth-order valence-electron chi connectivity index (χ4n) is 3.91. The van der Waals surface area contributed by atoms with Gasteiger partial charge in [-0.25, -0.2) is 17.8 Å². The molecule has 0 aliphatic carbocycles. The number of aromatic nitrogens is 1. The van der Waals surface area contributed by atoms with Gasteiger partial charge in [-0.05, 0) is 62.5 Å². The van der Waals surface area contributed by atoms with E-state index in [2.05, 4.69) is 15.6 Å². The molecule has 2 heterocycles. The third-order valence-electron chi connectivity index (χ3n) is 5.66. The number of carbonyl (C=O) groups is 1. The zero-order chi connectivity index (χ0) is 22.7. The summed E-state index contributed by atoms with van der Waals surface area (Å²) in [6, 6.07) is 12.4. The van der Waals surface area contributed by atoms with Gasteiger partial charge < -0.3 is 10.6 Å². The van der Waals surface area contributed by atoms with Crippen molar-refractivity contribution in [1.82, 2.24) is 10.3 Å². The van der Waals surface area contributed by atoms with Crippen LogP contribution in [-0.2, 0) is 9.84 Å². The summed E-state index contributed by atoms with van der Waals surface area (Å²) < 4.78 is 40.7. The van der Waals surface area contributed by atoms with Crippen molar-refractivity contribution in [3.63, 3.8) is 0 Å². The molecule has 0 spiro atoms. The molecule has 2 N–H and O–H groups in total. The molecule has 0 amide bonds. The largest absolute Gasteiger partial charge is 0.345 e. The van der Waals surface area contributed by atoms with Crippen LogP contribution in [-0.4, -0.2) is 37.6 Å². The lowest BCUT2D eigenvalue weighted by Crippen LogP contribution is -2.42. The topological polar surface area (TPSA) is 88.2 Å². The highest BCUT2D eigenvalue weighted by atomic mass is 32.2. The number of thiazole rings is 1. The molecule has 1 saturated heterocycles. The summed E-state index contributed by atoms with van der Waals surface area (Å²) in [7, 11) is -3.89. The van der Waals surface area contributed by atoms with E-state index in [0.29, 0.717) is 41.5 Å². The maximum absolute atomic E-state index is 13.8. The second-order valence-corrected chi connectivity index (χ2v) is 10.9. The number of sulfone groups is 1. The standard InChI is InChI=1S/C23H24FN3O3S2/c1-15-5-2-3-8-19(15)21(28)20-14-26-23(31-20)27-22(16-9-11-25-12-10-16)32(29,30)18-7-4-6-17(24)13-18/h2-8,13-14,16,22,25H,9-12H2,1H3,(H,26,27). The molecule has 0 saturated carbocycles. The molecular weight excluding hydrogens is 449 g/mol. The first-order valence-corrected chi connectivity index (χ1v) is 12.8. The minimum Gasteiger partial charge on any atom is -0.345 e. The van der Waals surface area contributed by atoms with E-state index in [9.17, 15) is 17.6 Å². The summed E-state index contributed by atoms with van der Waals surface area (Å²) in [5.74, 6) is -0.931. The number of hydrogen-bond acceptors (Lipinski definition) is 7. The molecule has 2 aromatic carbocycles. The Bertz CT molecular complexity index is 1220. The summed E-state index contributed by atoms with van der Waals surface area (Å²) >= 11 is 1.13. The molecule has 0 radical (unpaired) electrons. The summed E-state index contributed by atoms with van der Waals surface area (Å²) in [5.41, 5.74) is 1.45. The Morgan fingerprint density at radius 1 is 1.19 bits per heavy atom. The Balaban J connectivity index is 1.64. The van der Waals surface area contributed by atoms with Crippen LogP contribution in [0.15, 0.2) is 59.6 Å². The number of hydrogen-bond donors (Lipinski definition) is 2. The number of benzene rings is 2. The van der Waals surface area contributed by atoms with E-state index in [1.165, 1.54) is 24.4 Å². The van der Waals surface area contributed by atoms with Crippen LogP contribution >= 0.6 is 11.3 Å².